The van der Waals surface area contributed by atoms with Gasteiger partial charge < -0.3 is 15.3 Å². The molecule has 1 aromatic carbocycles. The Hall–Kier alpha value is -1.55. The summed E-state index contributed by atoms with van der Waals surface area (Å²) in [5.74, 6) is 0. The molecule has 2 rings (SSSR count). The van der Waals surface area contributed by atoms with Crippen LogP contribution in [-0.2, 0) is 6.54 Å². The zero-order chi connectivity index (χ0) is 10.7. The molecule has 0 spiro atoms. The van der Waals surface area contributed by atoms with Gasteiger partial charge in [0, 0.05) is 6.54 Å². The van der Waals surface area contributed by atoms with Crippen LogP contribution >= 0.6 is 0 Å². The molecule has 80 valence electrons. The molecule has 0 saturated heterocycles. The van der Waals surface area contributed by atoms with E-state index in [1.165, 1.54) is 5.56 Å². The largest absolute Gasteiger partial charge is 0.323 e. The van der Waals surface area contributed by atoms with Gasteiger partial charge in [-0.05, 0) is 30.7 Å². The standard InChI is InChI=1S/C11H15N3O/c1-2-5-12-7-8-3-4-9-10(6-8)14-11(15)13-9/h3-4,6,12H,2,5,7H2,1H3,(H2,13,14,15). The van der Waals surface area contributed by atoms with E-state index in [1.54, 1.807) is 0 Å². The summed E-state index contributed by atoms with van der Waals surface area (Å²) < 4.78 is 0. The fraction of sp³-hybridized carbons (Fsp3) is 0.364. The van der Waals surface area contributed by atoms with E-state index < -0.39 is 0 Å². The summed E-state index contributed by atoms with van der Waals surface area (Å²) in [6.45, 7) is 4.00. The third-order valence-electron chi connectivity index (χ3n) is 2.34. The number of H-pyrrole nitrogens is 2. The molecular formula is C11H15N3O. The van der Waals surface area contributed by atoms with Gasteiger partial charge in [-0.2, -0.15) is 0 Å². The number of imidazole rings is 1. The van der Waals surface area contributed by atoms with Gasteiger partial charge in [-0.3, -0.25) is 0 Å². The number of rotatable bonds is 4. The van der Waals surface area contributed by atoms with Gasteiger partial charge in [-0.1, -0.05) is 13.0 Å². The molecule has 0 unspecified atom stereocenters. The van der Waals surface area contributed by atoms with Crippen molar-refractivity contribution in [2.75, 3.05) is 6.54 Å². The minimum absolute atomic E-state index is 0.149. The summed E-state index contributed by atoms with van der Waals surface area (Å²) in [7, 11) is 0. The van der Waals surface area contributed by atoms with Crippen molar-refractivity contribution in [1.29, 1.82) is 0 Å². The van der Waals surface area contributed by atoms with E-state index in [0.29, 0.717) is 0 Å². The first-order valence-corrected chi connectivity index (χ1v) is 5.21. The number of hydrogen-bond donors (Lipinski definition) is 3. The molecule has 4 heteroatoms. The second-order valence-electron chi connectivity index (χ2n) is 3.64. The van der Waals surface area contributed by atoms with E-state index in [9.17, 15) is 4.79 Å². The predicted molar refractivity (Wildman–Crippen MR) is 60.9 cm³/mol. The van der Waals surface area contributed by atoms with Crippen LogP contribution in [-0.4, -0.2) is 16.5 Å². The van der Waals surface area contributed by atoms with Gasteiger partial charge in [-0.15, -0.1) is 0 Å². The second kappa shape index (κ2) is 4.31. The van der Waals surface area contributed by atoms with Crippen LogP contribution in [0.5, 0.6) is 0 Å². The van der Waals surface area contributed by atoms with Gasteiger partial charge in [-0.25, -0.2) is 4.79 Å². The Morgan fingerprint density at radius 3 is 2.87 bits per heavy atom. The number of nitrogens with one attached hydrogen (secondary N) is 3. The highest BCUT2D eigenvalue weighted by atomic mass is 16.1. The van der Waals surface area contributed by atoms with E-state index in [1.807, 2.05) is 18.2 Å². The fourth-order valence-corrected chi connectivity index (χ4v) is 1.60. The van der Waals surface area contributed by atoms with Crippen molar-refractivity contribution in [3.8, 4) is 0 Å². The number of aromatic nitrogens is 2. The molecule has 0 radical (unpaired) electrons. The Morgan fingerprint density at radius 1 is 1.27 bits per heavy atom. The third kappa shape index (κ3) is 2.27. The summed E-state index contributed by atoms with van der Waals surface area (Å²) in [5.41, 5.74) is 2.77. The smallest absolute Gasteiger partial charge is 0.313 e. The highest BCUT2D eigenvalue weighted by molar-refractivity contribution is 5.74. The lowest BCUT2D eigenvalue weighted by Crippen LogP contribution is -2.13. The van der Waals surface area contributed by atoms with E-state index in [2.05, 4.69) is 22.2 Å². The van der Waals surface area contributed by atoms with Crippen LogP contribution < -0.4 is 11.0 Å². The minimum Gasteiger partial charge on any atom is -0.313 e. The first kappa shape index (κ1) is 9.98. The number of hydrogen-bond acceptors (Lipinski definition) is 2. The number of fused-ring (bicyclic) bond motifs is 1. The summed E-state index contributed by atoms with van der Waals surface area (Å²) in [5, 5.41) is 3.32. The summed E-state index contributed by atoms with van der Waals surface area (Å²) in [6, 6.07) is 5.95. The van der Waals surface area contributed by atoms with Crippen molar-refractivity contribution in [2.45, 2.75) is 19.9 Å². The maximum Gasteiger partial charge on any atom is 0.323 e. The molecule has 0 aliphatic heterocycles. The average molecular weight is 205 g/mol. The molecule has 2 aromatic rings. The van der Waals surface area contributed by atoms with Crippen LogP contribution in [0.4, 0.5) is 0 Å². The SMILES string of the molecule is CCCNCc1ccc2[nH]c(=O)[nH]c2c1. The lowest BCUT2D eigenvalue weighted by molar-refractivity contribution is 0.676. The van der Waals surface area contributed by atoms with E-state index in [-0.39, 0.29) is 5.69 Å². The molecular weight excluding hydrogens is 190 g/mol. The molecule has 0 aliphatic rings. The lowest BCUT2D eigenvalue weighted by Gasteiger charge is -2.02. The first-order valence-electron chi connectivity index (χ1n) is 5.21. The molecule has 0 fully saturated rings. The molecule has 15 heavy (non-hydrogen) atoms. The summed E-state index contributed by atoms with van der Waals surface area (Å²) in [4.78, 5) is 16.5. The Labute approximate surface area is 87.7 Å². The Bertz CT molecular complexity index is 498. The maximum atomic E-state index is 11.0. The van der Waals surface area contributed by atoms with E-state index in [0.717, 1.165) is 30.5 Å². The average Bonchev–Trinajstić information content (AvgIpc) is 2.57. The highest BCUT2D eigenvalue weighted by Gasteiger charge is 1.99. The van der Waals surface area contributed by atoms with Crippen molar-refractivity contribution >= 4 is 11.0 Å². The normalized spacial score (nSPS) is 11.0. The number of aromatic amines is 2. The summed E-state index contributed by atoms with van der Waals surface area (Å²) in [6.07, 6.45) is 1.13. The van der Waals surface area contributed by atoms with Gasteiger partial charge >= 0.3 is 5.69 Å². The molecule has 3 N–H and O–H groups in total. The monoisotopic (exact) mass is 205 g/mol. The Kier molecular flexibility index (Phi) is 2.87. The summed E-state index contributed by atoms with van der Waals surface area (Å²) >= 11 is 0. The van der Waals surface area contributed by atoms with Gasteiger partial charge in [0.25, 0.3) is 0 Å². The van der Waals surface area contributed by atoms with Crippen LogP contribution in [0.1, 0.15) is 18.9 Å². The maximum absolute atomic E-state index is 11.0. The molecule has 0 aliphatic carbocycles. The first-order chi connectivity index (χ1) is 7.29. The van der Waals surface area contributed by atoms with Crippen LogP contribution in [0, 0.1) is 0 Å². The van der Waals surface area contributed by atoms with Gasteiger partial charge in [0.05, 0.1) is 11.0 Å². The fourth-order valence-electron chi connectivity index (χ4n) is 1.60. The van der Waals surface area contributed by atoms with E-state index >= 15 is 0 Å². The molecule has 0 amide bonds. The van der Waals surface area contributed by atoms with Crippen molar-refractivity contribution in [1.82, 2.24) is 15.3 Å². The molecule has 0 bridgehead atoms. The molecule has 1 heterocycles. The van der Waals surface area contributed by atoms with Crippen LogP contribution in [0.25, 0.3) is 11.0 Å². The Balaban J connectivity index is 2.19. The predicted octanol–water partition coefficient (Wildman–Crippen LogP) is 1.36. The van der Waals surface area contributed by atoms with Crippen molar-refractivity contribution in [3.05, 3.63) is 34.2 Å². The van der Waals surface area contributed by atoms with Crippen molar-refractivity contribution in [2.24, 2.45) is 0 Å². The van der Waals surface area contributed by atoms with Gasteiger partial charge in [0.2, 0.25) is 0 Å². The van der Waals surface area contributed by atoms with Gasteiger partial charge in [0.15, 0.2) is 0 Å². The molecule has 1 aromatic heterocycles. The highest BCUT2D eigenvalue weighted by Crippen LogP contribution is 2.09. The van der Waals surface area contributed by atoms with Gasteiger partial charge in [0.1, 0.15) is 0 Å². The van der Waals surface area contributed by atoms with Crippen LogP contribution in [0.2, 0.25) is 0 Å². The molecule has 4 nitrogen and oxygen atoms in total. The molecule has 0 saturated carbocycles. The van der Waals surface area contributed by atoms with Crippen LogP contribution in [0.3, 0.4) is 0 Å². The topological polar surface area (TPSA) is 60.7 Å². The Morgan fingerprint density at radius 2 is 2.07 bits per heavy atom. The zero-order valence-electron chi connectivity index (χ0n) is 8.76. The lowest BCUT2D eigenvalue weighted by atomic mass is 10.2. The van der Waals surface area contributed by atoms with Crippen molar-refractivity contribution < 1.29 is 0 Å². The minimum atomic E-state index is -0.149. The van der Waals surface area contributed by atoms with E-state index in [4.69, 9.17) is 0 Å². The second-order valence-corrected chi connectivity index (χ2v) is 3.64. The zero-order valence-corrected chi connectivity index (χ0v) is 8.76. The quantitative estimate of drug-likeness (QED) is 0.660. The number of benzene rings is 1. The third-order valence-corrected chi connectivity index (χ3v) is 2.34. The van der Waals surface area contributed by atoms with Crippen LogP contribution in [0.15, 0.2) is 23.0 Å². The molecule has 0 atom stereocenters. The van der Waals surface area contributed by atoms with Crippen molar-refractivity contribution in [3.63, 3.8) is 0 Å².